The van der Waals surface area contributed by atoms with E-state index in [1.165, 1.54) is 32.1 Å². The van der Waals surface area contributed by atoms with Crippen LogP contribution in [0.25, 0.3) is 0 Å². The second kappa shape index (κ2) is 8.96. The van der Waals surface area contributed by atoms with Gasteiger partial charge in [0.15, 0.2) is 0 Å². The van der Waals surface area contributed by atoms with Gasteiger partial charge >= 0.3 is 0 Å². The molecule has 2 fully saturated rings. The maximum absolute atomic E-state index is 12.4. The van der Waals surface area contributed by atoms with Crippen LogP contribution in [0.15, 0.2) is 0 Å². The maximum atomic E-state index is 12.4. The average molecular weight is 318 g/mol. The third kappa shape index (κ3) is 5.42. The molecule has 0 aromatic rings. The summed E-state index contributed by atoms with van der Waals surface area (Å²) in [5, 5.41) is 3.24. The highest BCUT2D eigenvalue weighted by molar-refractivity contribution is 5.85. The number of nitrogens with one attached hydrogen (secondary N) is 1. The molecular formula is C16H32ClN3O. The number of hydrogen-bond acceptors (Lipinski definition) is 3. The van der Waals surface area contributed by atoms with Crippen molar-refractivity contribution >= 4 is 18.3 Å². The molecule has 0 spiro atoms. The fourth-order valence-electron chi connectivity index (χ4n) is 3.65. The summed E-state index contributed by atoms with van der Waals surface area (Å²) in [4.78, 5) is 16.8. The summed E-state index contributed by atoms with van der Waals surface area (Å²) in [7, 11) is 4.01. The van der Waals surface area contributed by atoms with E-state index in [2.05, 4.69) is 17.1 Å². The van der Waals surface area contributed by atoms with Gasteiger partial charge in [-0.05, 0) is 64.1 Å². The lowest BCUT2D eigenvalue weighted by Crippen LogP contribution is -2.44. The van der Waals surface area contributed by atoms with Gasteiger partial charge in [0.2, 0.25) is 5.91 Å². The first-order chi connectivity index (χ1) is 9.60. The van der Waals surface area contributed by atoms with E-state index in [1.807, 2.05) is 19.0 Å². The van der Waals surface area contributed by atoms with Crippen LogP contribution in [-0.4, -0.2) is 62.0 Å². The standard InChI is InChI=1S/C16H31N3O.ClH/c1-13-4-6-15(7-5-13)18(3)16(20)12-19-9-8-14(11-19)10-17-2;/h13-15,17H,4-12H2,1-3H3;1H. The topological polar surface area (TPSA) is 35.6 Å². The summed E-state index contributed by atoms with van der Waals surface area (Å²) in [5.41, 5.74) is 0. The Balaban J connectivity index is 0.00000220. The molecule has 0 radical (unpaired) electrons. The van der Waals surface area contributed by atoms with E-state index in [0.29, 0.717) is 24.4 Å². The molecule has 1 heterocycles. The highest BCUT2D eigenvalue weighted by Gasteiger charge is 2.28. The van der Waals surface area contributed by atoms with Gasteiger partial charge in [-0.1, -0.05) is 6.92 Å². The molecule has 5 heteroatoms. The number of halogens is 1. The molecule has 1 aliphatic heterocycles. The number of likely N-dealkylation sites (tertiary alicyclic amines) is 1. The lowest BCUT2D eigenvalue weighted by Gasteiger charge is -2.34. The number of carbonyl (C=O) groups excluding carboxylic acids is 1. The summed E-state index contributed by atoms with van der Waals surface area (Å²) in [6, 6.07) is 0.481. The van der Waals surface area contributed by atoms with Crippen molar-refractivity contribution in [2.24, 2.45) is 11.8 Å². The summed E-state index contributed by atoms with van der Waals surface area (Å²) < 4.78 is 0. The third-order valence-corrected chi connectivity index (χ3v) is 5.15. The van der Waals surface area contributed by atoms with Crippen LogP contribution in [-0.2, 0) is 4.79 Å². The van der Waals surface area contributed by atoms with Crippen LogP contribution in [0.2, 0.25) is 0 Å². The number of carbonyl (C=O) groups is 1. The number of likely N-dealkylation sites (N-methyl/N-ethyl adjacent to an activating group) is 1. The van der Waals surface area contributed by atoms with Gasteiger partial charge in [-0.3, -0.25) is 9.69 Å². The first-order valence-corrected chi connectivity index (χ1v) is 8.22. The van der Waals surface area contributed by atoms with Crippen LogP contribution >= 0.6 is 12.4 Å². The van der Waals surface area contributed by atoms with Crippen molar-refractivity contribution in [3.63, 3.8) is 0 Å². The average Bonchev–Trinajstić information content (AvgIpc) is 2.86. The lowest BCUT2D eigenvalue weighted by molar-refractivity contribution is -0.133. The van der Waals surface area contributed by atoms with Crippen molar-refractivity contribution in [3.8, 4) is 0 Å². The van der Waals surface area contributed by atoms with Crippen molar-refractivity contribution < 1.29 is 4.79 Å². The molecular weight excluding hydrogens is 286 g/mol. The van der Waals surface area contributed by atoms with Crippen LogP contribution in [0.4, 0.5) is 0 Å². The van der Waals surface area contributed by atoms with Crippen LogP contribution < -0.4 is 5.32 Å². The first-order valence-electron chi connectivity index (χ1n) is 8.22. The van der Waals surface area contributed by atoms with Crippen molar-refractivity contribution in [1.29, 1.82) is 0 Å². The van der Waals surface area contributed by atoms with Gasteiger partial charge in [0.25, 0.3) is 0 Å². The van der Waals surface area contributed by atoms with Crippen LogP contribution in [0, 0.1) is 11.8 Å². The minimum absolute atomic E-state index is 0. The van der Waals surface area contributed by atoms with Gasteiger partial charge in [0, 0.05) is 19.6 Å². The Bertz CT molecular complexity index is 319. The Morgan fingerprint density at radius 2 is 1.90 bits per heavy atom. The molecule has 2 rings (SSSR count). The quantitative estimate of drug-likeness (QED) is 0.842. The monoisotopic (exact) mass is 317 g/mol. The van der Waals surface area contributed by atoms with E-state index in [4.69, 9.17) is 0 Å². The number of hydrogen-bond donors (Lipinski definition) is 1. The van der Waals surface area contributed by atoms with Crippen molar-refractivity contribution in [2.75, 3.05) is 40.3 Å². The molecule has 1 saturated heterocycles. The van der Waals surface area contributed by atoms with E-state index in [-0.39, 0.29) is 12.4 Å². The highest BCUT2D eigenvalue weighted by Crippen LogP contribution is 2.26. The van der Waals surface area contributed by atoms with E-state index >= 15 is 0 Å². The first kappa shape index (κ1) is 18.7. The van der Waals surface area contributed by atoms with E-state index in [9.17, 15) is 4.79 Å². The Labute approximate surface area is 136 Å². The van der Waals surface area contributed by atoms with Gasteiger partial charge in [-0.15, -0.1) is 12.4 Å². The van der Waals surface area contributed by atoms with Gasteiger partial charge in [0.05, 0.1) is 6.54 Å². The van der Waals surface area contributed by atoms with Crippen LogP contribution in [0.3, 0.4) is 0 Å². The lowest BCUT2D eigenvalue weighted by atomic mass is 9.87. The van der Waals surface area contributed by atoms with Crippen molar-refractivity contribution in [3.05, 3.63) is 0 Å². The fraction of sp³-hybridized carbons (Fsp3) is 0.938. The SMILES string of the molecule is CNCC1CCN(CC(=O)N(C)C2CCC(C)CC2)C1.Cl. The molecule has 1 atom stereocenters. The van der Waals surface area contributed by atoms with Gasteiger partial charge in [-0.25, -0.2) is 0 Å². The van der Waals surface area contributed by atoms with E-state index in [0.717, 1.165) is 25.6 Å². The summed E-state index contributed by atoms with van der Waals surface area (Å²) in [6.45, 7) is 6.16. The summed E-state index contributed by atoms with van der Waals surface area (Å²) >= 11 is 0. The third-order valence-electron chi connectivity index (χ3n) is 5.15. The minimum Gasteiger partial charge on any atom is -0.342 e. The largest absolute Gasteiger partial charge is 0.342 e. The molecule has 1 saturated carbocycles. The Kier molecular flexibility index (Phi) is 7.99. The zero-order valence-corrected chi connectivity index (χ0v) is 14.6. The predicted octanol–water partition coefficient (Wildman–Crippen LogP) is 1.99. The Morgan fingerprint density at radius 3 is 2.52 bits per heavy atom. The molecule has 124 valence electrons. The molecule has 1 unspecified atom stereocenters. The Hall–Kier alpha value is -0.320. The summed E-state index contributed by atoms with van der Waals surface area (Å²) in [5.74, 6) is 1.87. The highest BCUT2D eigenvalue weighted by atomic mass is 35.5. The molecule has 0 aromatic heterocycles. The van der Waals surface area contributed by atoms with E-state index in [1.54, 1.807) is 0 Å². The van der Waals surface area contributed by atoms with Crippen LogP contribution in [0.1, 0.15) is 39.0 Å². The molecule has 0 aromatic carbocycles. The zero-order chi connectivity index (χ0) is 14.5. The normalized spacial score (nSPS) is 30.0. The van der Waals surface area contributed by atoms with Crippen LogP contribution in [0.5, 0.6) is 0 Å². The molecule has 1 aliphatic carbocycles. The predicted molar refractivity (Wildman–Crippen MR) is 89.9 cm³/mol. The Morgan fingerprint density at radius 1 is 1.24 bits per heavy atom. The zero-order valence-electron chi connectivity index (χ0n) is 13.8. The number of amides is 1. The second-order valence-electron chi connectivity index (χ2n) is 6.87. The number of rotatable bonds is 5. The molecule has 0 bridgehead atoms. The van der Waals surface area contributed by atoms with Gasteiger partial charge in [-0.2, -0.15) is 0 Å². The smallest absolute Gasteiger partial charge is 0.236 e. The van der Waals surface area contributed by atoms with Gasteiger partial charge < -0.3 is 10.2 Å². The summed E-state index contributed by atoms with van der Waals surface area (Å²) in [6.07, 6.45) is 6.14. The minimum atomic E-state index is 0. The maximum Gasteiger partial charge on any atom is 0.236 e. The van der Waals surface area contributed by atoms with Crippen molar-refractivity contribution in [2.45, 2.75) is 45.1 Å². The molecule has 4 nitrogen and oxygen atoms in total. The molecule has 1 amide bonds. The molecule has 21 heavy (non-hydrogen) atoms. The fourth-order valence-corrected chi connectivity index (χ4v) is 3.65. The second-order valence-corrected chi connectivity index (χ2v) is 6.87. The molecule has 2 aliphatic rings. The number of nitrogens with zero attached hydrogens (tertiary/aromatic N) is 2. The van der Waals surface area contributed by atoms with Crippen molar-refractivity contribution in [1.82, 2.24) is 15.1 Å². The van der Waals surface area contributed by atoms with Gasteiger partial charge in [0.1, 0.15) is 0 Å². The van der Waals surface area contributed by atoms with E-state index < -0.39 is 0 Å². The molecule has 1 N–H and O–H groups in total.